The van der Waals surface area contributed by atoms with E-state index in [0.29, 0.717) is 4.83 Å². The van der Waals surface area contributed by atoms with Crippen LogP contribution in [0.25, 0.3) is 0 Å². The maximum Gasteiger partial charge on any atom is 0.0146 e. The topological polar surface area (TPSA) is 0 Å². The highest BCUT2D eigenvalue weighted by molar-refractivity contribution is 9.09. The first-order valence-electron chi connectivity index (χ1n) is 4.51. The van der Waals surface area contributed by atoms with Gasteiger partial charge in [0.1, 0.15) is 0 Å². The molecule has 0 bridgehead atoms. The first kappa shape index (κ1) is 9.79. The van der Waals surface area contributed by atoms with Crippen LogP contribution >= 0.6 is 15.9 Å². The summed E-state index contributed by atoms with van der Waals surface area (Å²) in [4.78, 5) is 0.678. The molecule has 0 aromatic heterocycles. The third kappa shape index (κ3) is 3.40. The molecule has 0 aliphatic carbocycles. The number of rotatable bonds is 4. The van der Waals surface area contributed by atoms with Crippen molar-refractivity contribution in [1.29, 1.82) is 0 Å². The average molecular weight is 227 g/mol. The fraction of sp³-hybridized carbons (Fsp3) is 0.455. The molecular weight excluding hydrogens is 212 g/mol. The van der Waals surface area contributed by atoms with Crippen LogP contribution in [0.4, 0.5) is 0 Å². The zero-order chi connectivity index (χ0) is 8.81. The summed E-state index contributed by atoms with van der Waals surface area (Å²) in [5.41, 5.74) is 1.44. The van der Waals surface area contributed by atoms with Crippen molar-refractivity contribution in [3.63, 3.8) is 0 Å². The SMILES string of the molecule is CCC(Br)CCc1ccccc1. The van der Waals surface area contributed by atoms with E-state index in [-0.39, 0.29) is 0 Å². The van der Waals surface area contributed by atoms with Crippen LogP contribution in [0.15, 0.2) is 30.3 Å². The Labute approximate surface area is 83.1 Å². The van der Waals surface area contributed by atoms with Gasteiger partial charge in [0.25, 0.3) is 0 Å². The molecule has 1 unspecified atom stereocenters. The zero-order valence-corrected chi connectivity index (χ0v) is 9.05. The Kier molecular flexibility index (Phi) is 4.37. The summed E-state index contributed by atoms with van der Waals surface area (Å²) in [5, 5.41) is 0. The zero-order valence-electron chi connectivity index (χ0n) is 7.46. The van der Waals surface area contributed by atoms with Gasteiger partial charge in [-0.1, -0.05) is 53.2 Å². The molecule has 0 nitrogen and oxygen atoms in total. The molecule has 0 aliphatic rings. The molecule has 1 atom stereocenters. The molecule has 0 fully saturated rings. The lowest BCUT2D eigenvalue weighted by Crippen LogP contribution is -1.97. The lowest BCUT2D eigenvalue weighted by molar-refractivity contribution is 0.746. The minimum absolute atomic E-state index is 0.678. The largest absolute Gasteiger partial charge is 0.0891 e. The highest BCUT2D eigenvalue weighted by atomic mass is 79.9. The fourth-order valence-corrected chi connectivity index (χ4v) is 1.40. The van der Waals surface area contributed by atoms with E-state index < -0.39 is 0 Å². The second-order valence-corrected chi connectivity index (χ2v) is 4.32. The molecule has 0 amide bonds. The Morgan fingerprint density at radius 2 is 1.92 bits per heavy atom. The lowest BCUT2D eigenvalue weighted by atomic mass is 10.1. The number of aryl methyl sites for hydroxylation is 1. The minimum Gasteiger partial charge on any atom is -0.0891 e. The van der Waals surface area contributed by atoms with Crippen molar-refractivity contribution in [2.75, 3.05) is 0 Å². The van der Waals surface area contributed by atoms with Crippen molar-refractivity contribution in [2.24, 2.45) is 0 Å². The predicted octanol–water partition coefficient (Wildman–Crippen LogP) is 3.79. The molecule has 0 aliphatic heterocycles. The molecule has 0 N–H and O–H groups in total. The van der Waals surface area contributed by atoms with Gasteiger partial charge < -0.3 is 0 Å². The van der Waals surface area contributed by atoms with Gasteiger partial charge in [-0.2, -0.15) is 0 Å². The maximum absolute atomic E-state index is 3.63. The van der Waals surface area contributed by atoms with Crippen molar-refractivity contribution in [3.05, 3.63) is 35.9 Å². The van der Waals surface area contributed by atoms with E-state index in [1.54, 1.807) is 0 Å². The third-order valence-electron chi connectivity index (χ3n) is 2.03. The van der Waals surface area contributed by atoms with Gasteiger partial charge in [0.15, 0.2) is 0 Å². The molecule has 0 saturated heterocycles. The molecule has 1 aromatic rings. The molecule has 66 valence electrons. The van der Waals surface area contributed by atoms with Gasteiger partial charge in [0, 0.05) is 4.83 Å². The van der Waals surface area contributed by atoms with Crippen LogP contribution < -0.4 is 0 Å². The van der Waals surface area contributed by atoms with Crippen molar-refractivity contribution >= 4 is 15.9 Å². The van der Waals surface area contributed by atoms with Gasteiger partial charge in [-0.25, -0.2) is 0 Å². The molecule has 0 radical (unpaired) electrons. The molecule has 0 saturated carbocycles. The van der Waals surface area contributed by atoms with E-state index in [9.17, 15) is 0 Å². The number of hydrogen-bond donors (Lipinski definition) is 0. The average Bonchev–Trinajstić information content (AvgIpc) is 2.16. The van der Waals surface area contributed by atoms with E-state index in [2.05, 4.69) is 53.2 Å². The molecule has 0 heterocycles. The first-order valence-corrected chi connectivity index (χ1v) is 5.42. The summed E-state index contributed by atoms with van der Waals surface area (Å²) in [6.45, 7) is 2.21. The van der Waals surface area contributed by atoms with E-state index >= 15 is 0 Å². The summed E-state index contributed by atoms with van der Waals surface area (Å²) in [5.74, 6) is 0. The van der Waals surface area contributed by atoms with Gasteiger partial charge in [-0.15, -0.1) is 0 Å². The molecular formula is C11H15Br. The third-order valence-corrected chi connectivity index (χ3v) is 3.14. The number of hydrogen-bond acceptors (Lipinski definition) is 0. The predicted molar refractivity (Wildman–Crippen MR) is 57.8 cm³/mol. The molecule has 12 heavy (non-hydrogen) atoms. The Morgan fingerprint density at radius 3 is 2.50 bits per heavy atom. The second kappa shape index (κ2) is 5.36. The van der Waals surface area contributed by atoms with Crippen LogP contribution in [0.5, 0.6) is 0 Å². The van der Waals surface area contributed by atoms with Crippen molar-refractivity contribution in [2.45, 2.75) is 31.0 Å². The summed E-state index contributed by atoms with van der Waals surface area (Å²) in [6, 6.07) is 10.6. The summed E-state index contributed by atoms with van der Waals surface area (Å²) < 4.78 is 0. The number of benzene rings is 1. The quantitative estimate of drug-likeness (QED) is 0.686. The van der Waals surface area contributed by atoms with Crippen molar-refractivity contribution in [1.82, 2.24) is 0 Å². The van der Waals surface area contributed by atoms with E-state index in [4.69, 9.17) is 0 Å². The Balaban J connectivity index is 2.33. The molecule has 1 rings (SSSR count). The highest BCUT2D eigenvalue weighted by Gasteiger charge is 2.00. The van der Waals surface area contributed by atoms with Crippen LogP contribution in [0.1, 0.15) is 25.3 Å². The monoisotopic (exact) mass is 226 g/mol. The smallest absolute Gasteiger partial charge is 0.0146 e. The molecule has 1 aromatic carbocycles. The van der Waals surface area contributed by atoms with Gasteiger partial charge in [-0.05, 0) is 24.8 Å². The Morgan fingerprint density at radius 1 is 1.25 bits per heavy atom. The van der Waals surface area contributed by atoms with Crippen LogP contribution in [0, 0.1) is 0 Å². The molecule has 0 spiro atoms. The van der Waals surface area contributed by atoms with Gasteiger partial charge >= 0.3 is 0 Å². The Bertz CT molecular complexity index is 206. The lowest BCUT2D eigenvalue weighted by Gasteiger charge is -2.05. The van der Waals surface area contributed by atoms with E-state index in [1.807, 2.05) is 0 Å². The summed E-state index contributed by atoms with van der Waals surface area (Å²) in [6.07, 6.45) is 3.64. The van der Waals surface area contributed by atoms with Gasteiger partial charge in [0.2, 0.25) is 0 Å². The van der Waals surface area contributed by atoms with Gasteiger partial charge in [0.05, 0.1) is 0 Å². The first-order chi connectivity index (χ1) is 5.83. The van der Waals surface area contributed by atoms with Crippen LogP contribution in [-0.2, 0) is 6.42 Å². The van der Waals surface area contributed by atoms with Gasteiger partial charge in [-0.3, -0.25) is 0 Å². The van der Waals surface area contributed by atoms with Crippen LogP contribution in [-0.4, -0.2) is 4.83 Å². The summed E-state index contributed by atoms with van der Waals surface area (Å²) >= 11 is 3.63. The van der Waals surface area contributed by atoms with E-state index in [0.717, 1.165) is 0 Å². The highest BCUT2D eigenvalue weighted by Crippen LogP contribution is 2.13. The second-order valence-electron chi connectivity index (χ2n) is 3.03. The molecule has 1 heteroatoms. The normalized spacial score (nSPS) is 12.8. The summed E-state index contributed by atoms with van der Waals surface area (Å²) in [7, 11) is 0. The standard InChI is InChI=1S/C11H15Br/c1-2-11(12)9-8-10-6-4-3-5-7-10/h3-7,11H,2,8-9H2,1H3. The number of halogens is 1. The van der Waals surface area contributed by atoms with Crippen molar-refractivity contribution < 1.29 is 0 Å². The van der Waals surface area contributed by atoms with Crippen LogP contribution in [0.2, 0.25) is 0 Å². The maximum atomic E-state index is 3.63. The van der Waals surface area contributed by atoms with Crippen LogP contribution in [0.3, 0.4) is 0 Å². The number of alkyl halides is 1. The fourth-order valence-electron chi connectivity index (χ4n) is 1.17. The minimum atomic E-state index is 0.678. The van der Waals surface area contributed by atoms with E-state index in [1.165, 1.54) is 24.8 Å². The van der Waals surface area contributed by atoms with Crippen molar-refractivity contribution in [3.8, 4) is 0 Å². The Hall–Kier alpha value is -0.300.